The first kappa shape index (κ1) is 39.9. The number of benzene rings is 1. The summed E-state index contributed by atoms with van der Waals surface area (Å²) in [6, 6.07) is 0.0597. The molecule has 0 spiro atoms. The summed E-state index contributed by atoms with van der Waals surface area (Å²) in [6.07, 6.45) is -0.499. The number of nitrogens with one attached hydrogen (secondary N) is 4. The largest absolute Gasteiger partial charge is 0.481 e. The van der Waals surface area contributed by atoms with Crippen molar-refractivity contribution < 1.29 is 48.3 Å². The van der Waals surface area contributed by atoms with Crippen LogP contribution in [-0.2, 0) is 28.8 Å². The Balaban J connectivity index is 2.17. The highest BCUT2D eigenvalue weighted by Crippen LogP contribution is 2.22. The van der Waals surface area contributed by atoms with Gasteiger partial charge >= 0.3 is 12.1 Å². The molecule has 6 amide bonds. The van der Waals surface area contributed by atoms with Gasteiger partial charge in [-0.05, 0) is 43.2 Å². The van der Waals surface area contributed by atoms with Crippen LogP contribution in [-0.4, -0.2) is 98.8 Å². The molecule has 4 atom stereocenters. The molecule has 18 heteroatoms. The Kier molecular flexibility index (Phi) is 14.9. The van der Waals surface area contributed by atoms with Gasteiger partial charge in [-0.2, -0.15) is 0 Å². The Morgan fingerprint density at radius 2 is 1.57 bits per heavy atom. The second-order valence-electron chi connectivity index (χ2n) is 12.2. The number of carboxylic acid groups (broad SMARTS) is 1. The molecular weight excluding hydrogens is 646 g/mol. The second-order valence-corrected chi connectivity index (χ2v) is 12.2. The normalized spacial score (nSPS) is 15.8. The molecule has 1 saturated heterocycles. The quantitative estimate of drug-likeness (QED) is 0.129. The van der Waals surface area contributed by atoms with E-state index in [2.05, 4.69) is 21.4 Å². The van der Waals surface area contributed by atoms with Gasteiger partial charge in [0, 0.05) is 32.1 Å². The van der Waals surface area contributed by atoms with E-state index in [1.807, 2.05) is 0 Å². The molecular formula is C31H45N7O11. The number of ether oxygens (including phenoxy) is 1. The number of hydrazine groups is 1. The van der Waals surface area contributed by atoms with Gasteiger partial charge in [0.25, 0.3) is 11.6 Å². The molecule has 0 aliphatic carbocycles. The van der Waals surface area contributed by atoms with Gasteiger partial charge < -0.3 is 30.7 Å². The van der Waals surface area contributed by atoms with Crippen LogP contribution < -0.4 is 26.1 Å². The Bertz CT molecular complexity index is 1380. The minimum atomic E-state index is -1.44. The highest BCUT2D eigenvalue weighted by molar-refractivity contribution is 5.96. The summed E-state index contributed by atoms with van der Waals surface area (Å²) in [7, 11) is 0. The lowest BCUT2D eigenvalue weighted by Gasteiger charge is -2.33. The van der Waals surface area contributed by atoms with Crippen LogP contribution in [0.5, 0.6) is 5.75 Å². The molecule has 0 aromatic heterocycles. The molecule has 270 valence electrons. The van der Waals surface area contributed by atoms with Crippen LogP contribution in [0.25, 0.3) is 0 Å². The molecule has 0 unspecified atom stereocenters. The molecule has 1 aliphatic heterocycles. The van der Waals surface area contributed by atoms with E-state index in [4.69, 9.17) is 9.84 Å². The van der Waals surface area contributed by atoms with Crippen LogP contribution in [0.3, 0.4) is 0 Å². The van der Waals surface area contributed by atoms with Gasteiger partial charge in [-0.25, -0.2) is 9.80 Å². The maximum Gasteiger partial charge on any atom is 0.434 e. The van der Waals surface area contributed by atoms with Gasteiger partial charge in [-0.1, -0.05) is 34.6 Å². The molecule has 5 N–H and O–H groups in total. The van der Waals surface area contributed by atoms with Crippen molar-refractivity contribution in [2.24, 2.45) is 11.8 Å². The van der Waals surface area contributed by atoms with Gasteiger partial charge in [-0.3, -0.25) is 44.3 Å². The molecule has 0 radical (unpaired) electrons. The predicted molar refractivity (Wildman–Crippen MR) is 172 cm³/mol. The van der Waals surface area contributed by atoms with Crippen molar-refractivity contribution in [3.8, 4) is 5.75 Å². The van der Waals surface area contributed by atoms with Crippen molar-refractivity contribution in [3.63, 3.8) is 0 Å². The summed E-state index contributed by atoms with van der Waals surface area (Å²) in [5, 5.41) is 28.4. The highest BCUT2D eigenvalue weighted by Gasteiger charge is 2.40. The summed E-state index contributed by atoms with van der Waals surface area (Å²) in [6.45, 7) is 9.78. The highest BCUT2D eigenvalue weighted by atomic mass is 16.6. The standard InChI is InChI=1S/C31H45N7O11/c1-7-14-37(31(46)49-21-12-10-20(11-13-21)38(47)48)35-28(43)23-9-8-15-36(23)30(45)26(18(4)5)34-29(44)25(17(2)3)33-27(42)22(16-24(40)41)32-19(6)39/h10-13,17-18,22-23,25-26H,7-9,14-16H2,1-6H3,(H,32,39)(H,33,42)(H,34,44)(H,35,43)(H,40,41)/t22-,23-,25-,26-/m0/s1. The number of carbonyl (C=O) groups is 7. The van der Waals surface area contributed by atoms with Gasteiger partial charge in [0.2, 0.25) is 23.6 Å². The fraction of sp³-hybridized carbons (Fsp3) is 0.581. The van der Waals surface area contributed by atoms with E-state index in [-0.39, 0.29) is 30.9 Å². The van der Waals surface area contributed by atoms with E-state index in [1.165, 1.54) is 17.0 Å². The second kappa shape index (κ2) is 18.3. The first-order valence-corrected chi connectivity index (χ1v) is 15.9. The number of nitro groups is 1. The smallest absolute Gasteiger partial charge is 0.434 e. The Hall–Kier alpha value is -5.29. The van der Waals surface area contributed by atoms with Gasteiger partial charge in [0.05, 0.1) is 11.3 Å². The molecule has 1 aromatic carbocycles. The molecule has 1 aliphatic rings. The Morgan fingerprint density at radius 3 is 2.08 bits per heavy atom. The zero-order chi connectivity index (χ0) is 37.0. The number of likely N-dealkylation sites (tertiary alicyclic amines) is 1. The zero-order valence-corrected chi connectivity index (χ0v) is 28.4. The van der Waals surface area contributed by atoms with Gasteiger partial charge in [0.1, 0.15) is 29.9 Å². The first-order valence-electron chi connectivity index (χ1n) is 15.9. The molecule has 1 fully saturated rings. The third-order valence-corrected chi connectivity index (χ3v) is 7.55. The number of hydrogen-bond donors (Lipinski definition) is 5. The Morgan fingerprint density at radius 1 is 0.980 bits per heavy atom. The topological polar surface area (TPSA) is 247 Å². The predicted octanol–water partition coefficient (Wildman–Crippen LogP) is 1.09. The summed E-state index contributed by atoms with van der Waals surface area (Å²) in [5.41, 5.74) is 2.31. The number of carboxylic acids is 1. The lowest BCUT2D eigenvalue weighted by atomic mass is 9.98. The molecule has 0 bridgehead atoms. The van der Waals surface area contributed by atoms with E-state index in [0.717, 1.165) is 24.1 Å². The summed E-state index contributed by atoms with van der Waals surface area (Å²) in [4.78, 5) is 101. The number of carbonyl (C=O) groups excluding carboxylic acids is 6. The minimum Gasteiger partial charge on any atom is -0.481 e. The molecule has 2 rings (SSSR count). The number of amides is 6. The van der Waals surface area contributed by atoms with Crippen LogP contribution >= 0.6 is 0 Å². The van der Waals surface area contributed by atoms with Crippen LogP contribution in [0.4, 0.5) is 10.5 Å². The zero-order valence-electron chi connectivity index (χ0n) is 28.4. The maximum absolute atomic E-state index is 13.8. The lowest BCUT2D eigenvalue weighted by Crippen LogP contribution is -2.61. The van der Waals surface area contributed by atoms with Gasteiger partial charge in [-0.15, -0.1) is 0 Å². The Labute approximate surface area is 283 Å². The van der Waals surface area contributed by atoms with Crippen molar-refractivity contribution in [3.05, 3.63) is 34.4 Å². The van der Waals surface area contributed by atoms with Crippen molar-refractivity contribution >= 4 is 47.3 Å². The molecule has 18 nitrogen and oxygen atoms in total. The number of nitrogens with zero attached hydrogens (tertiary/aromatic N) is 3. The summed E-state index contributed by atoms with van der Waals surface area (Å²) < 4.78 is 5.28. The van der Waals surface area contributed by atoms with Crippen molar-refractivity contribution in [1.82, 2.24) is 31.3 Å². The number of aliphatic carboxylic acids is 1. The minimum absolute atomic E-state index is 0.0163. The van der Waals surface area contributed by atoms with Crippen molar-refractivity contribution in [1.29, 1.82) is 0 Å². The third kappa shape index (κ3) is 11.7. The molecule has 1 aromatic rings. The lowest BCUT2D eigenvalue weighted by molar-refractivity contribution is -0.384. The maximum atomic E-state index is 13.8. The molecule has 1 heterocycles. The van der Waals surface area contributed by atoms with E-state index >= 15 is 0 Å². The SMILES string of the molecule is CCCN(NC(=O)[C@@H]1CCCN1C(=O)[C@@H](NC(=O)[C@@H](NC(=O)[C@H](CC(=O)O)NC(C)=O)C(C)C)C(C)C)C(=O)Oc1ccc([N+](=O)[O-])cc1. The summed E-state index contributed by atoms with van der Waals surface area (Å²) in [5.74, 6) is -5.77. The number of hydrogen-bond acceptors (Lipinski definition) is 10. The van der Waals surface area contributed by atoms with Gasteiger partial charge in [0.15, 0.2) is 0 Å². The molecule has 0 saturated carbocycles. The monoisotopic (exact) mass is 691 g/mol. The van der Waals surface area contributed by atoms with E-state index in [9.17, 15) is 43.7 Å². The van der Waals surface area contributed by atoms with Crippen molar-refractivity contribution in [2.45, 2.75) is 91.4 Å². The van der Waals surface area contributed by atoms with Crippen LogP contribution in [0.15, 0.2) is 24.3 Å². The van der Waals surface area contributed by atoms with E-state index in [1.54, 1.807) is 34.6 Å². The van der Waals surface area contributed by atoms with Crippen LogP contribution in [0.1, 0.15) is 67.2 Å². The van der Waals surface area contributed by atoms with Crippen molar-refractivity contribution in [2.75, 3.05) is 13.1 Å². The average molecular weight is 692 g/mol. The van der Waals surface area contributed by atoms with Crippen LogP contribution in [0, 0.1) is 22.0 Å². The third-order valence-electron chi connectivity index (χ3n) is 7.55. The fourth-order valence-corrected chi connectivity index (χ4v) is 5.07. The first-order chi connectivity index (χ1) is 23.0. The van der Waals surface area contributed by atoms with E-state index < -0.39 is 88.9 Å². The van der Waals surface area contributed by atoms with Crippen LogP contribution in [0.2, 0.25) is 0 Å². The fourth-order valence-electron chi connectivity index (χ4n) is 5.07. The van der Waals surface area contributed by atoms with E-state index in [0.29, 0.717) is 12.8 Å². The summed E-state index contributed by atoms with van der Waals surface area (Å²) >= 11 is 0. The molecule has 49 heavy (non-hydrogen) atoms. The number of nitro benzene ring substituents is 1. The average Bonchev–Trinajstić information content (AvgIpc) is 3.51. The number of non-ortho nitro benzene ring substituents is 1. The number of rotatable bonds is 15.